The third kappa shape index (κ3) is 5.83. The number of nitro groups is 1. The van der Waals surface area contributed by atoms with E-state index in [0.717, 1.165) is 0 Å². The number of non-ortho nitro benzene ring substituents is 1. The first-order valence-electron chi connectivity index (χ1n) is 8.01. The van der Waals surface area contributed by atoms with Crippen LogP contribution in [0.15, 0.2) is 54.6 Å². The van der Waals surface area contributed by atoms with Crippen molar-refractivity contribution in [3.8, 4) is 11.8 Å². The van der Waals surface area contributed by atoms with Gasteiger partial charge in [-0.15, -0.1) is 0 Å². The second kappa shape index (κ2) is 9.53. The number of benzene rings is 2. The Morgan fingerprint density at radius 2 is 1.85 bits per heavy atom. The second-order valence-electron chi connectivity index (χ2n) is 5.33. The lowest BCUT2D eigenvalue weighted by atomic mass is 10.1. The van der Waals surface area contributed by atoms with Crippen LogP contribution in [-0.2, 0) is 4.79 Å². The molecule has 0 atom stereocenters. The molecule has 0 saturated carbocycles. The van der Waals surface area contributed by atoms with Gasteiger partial charge in [0.1, 0.15) is 0 Å². The van der Waals surface area contributed by atoms with Gasteiger partial charge in [-0.2, -0.15) is 0 Å². The Morgan fingerprint density at radius 1 is 1.15 bits per heavy atom. The van der Waals surface area contributed by atoms with Gasteiger partial charge in [-0.05, 0) is 35.9 Å². The molecule has 2 rings (SSSR count). The normalized spacial score (nSPS) is 9.96. The molecular formula is C20H17N3O4. The number of hydrogen-bond donors (Lipinski definition) is 2. The number of hydrogen-bond acceptors (Lipinski definition) is 4. The first kappa shape index (κ1) is 19.4. The third-order valence-corrected chi connectivity index (χ3v) is 3.50. The molecular weight excluding hydrogens is 346 g/mol. The van der Waals surface area contributed by atoms with Crippen molar-refractivity contribution in [3.05, 3.63) is 81.4 Å². The molecule has 7 heteroatoms. The van der Waals surface area contributed by atoms with Crippen LogP contribution in [0.5, 0.6) is 0 Å². The molecule has 0 saturated heterocycles. The zero-order valence-corrected chi connectivity index (χ0v) is 14.6. The Morgan fingerprint density at radius 3 is 2.52 bits per heavy atom. The van der Waals surface area contributed by atoms with Crippen LogP contribution >= 0.6 is 0 Å². The summed E-state index contributed by atoms with van der Waals surface area (Å²) in [6.07, 6.45) is 2.87. The van der Waals surface area contributed by atoms with Crippen molar-refractivity contribution in [2.75, 3.05) is 13.6 Å². The summed E-state index contributed by atoms with van der Waals surface area (Å²) in [6, 6.07) is 12.8. The van der Waals surface area contributed by atoms with E-state index < -0.39 is 4.92 Å². The summed E-state index contributed by atoms with van der Waals surface area (Å²) in [5.74, 6) is 5.09. The SMILES string of the molecule is CNC(=O)c1ccccc1C#CCNC(=O)/C=C/c1ccc([N+](=O)[O-])cc1. The molecule has 0 radical (unpaired) electrons. The van der Waals surface area contributed by atoms with Crippen LogP contribution in [0.3, 0.4) is 0 Å². The molecule has 27 heavy (non-hydrogen) atoms. The highest BCUT2D eigenvalue weighted by atomic mass is 16.6. The molecule has 0 aromatic heterocycles. The Hall–Kier alpha value is -3.92. The summed E-state index contributed by atoms with van der Waals surface area (Å²) in [5.41, 5.74) is 1.70. The van der Waals surface area contributed by atoms with Crippen molar-refractivity contribution >= 4 is 23.6 Å². The van der Waals surface area contributed by atoms with Crippen molar-refractivity contribution in [3.63, 3.8) is 0 Å². The minimum absolute atomic E-state index is 0.0103. The standard InChI is InChI=1S/C20H17N3O4/c1-21-20(25)18-7-3-2-5-16(18)6-4-14-22-19(24)13-10-15-8-11-17(12-9-15)23(26)27/h2-3,5,7-13H,14H2,1H3,(H,21,25)(H,22,24)/b13-10+. The molecule has 0 heterocycles. The summed E-state index contributed by atoms with van der Waals surface area (Å²) >= 11 is 0. The monoisotopic (exact) mass is 363 g/mol. The van der Waals surface area contributed by atoms with Crippen molar-refractivity contribution in [1.82, 2.24) is 10.6 Å². The number of nitro benzene ring substituents is 1. The van der Waals surface area contributed by atoms with Gasteiger partial charge in [0.2, 0.25) is 5.91 Å². The van der Waals surface area contributed by atoms with Gasteiger partial charge in [0.15, 0.2) is 0 Å². The van der Waals surface area contributed by atoms with Gasteiger partial charge in [-0.1, -0.05) is 24.0 Å². The average molecular weight is 363 g/mol. The lowest BCUT2D eigenvalue weighted by Crippen LogP contribution is -2.21. The fraction of sp³-hybridized carbons (Fsp3) is 0.100. The molecule has 0 bridgehead atoms. The van der Waals surface area contributed by atoms with Gasteiger partial charge in [0.05, 0.1) is 17.0 Å². The van der Waals surface area contributed by atoms with Gasteiger partial charge in [0, 0.05) is 30.8 Å². The lowest BCUT2D eigenvalue weighted by Gasteiger charge is -2.02. The van der Waals surface area contributed by atoms with Crippen LogP contribution in [0.25, 0.3) is 6.08 Å². The van der Waals surface area contributed by atoms with E-state index >= 15 is 0 Å². The number of rotatable bonds is 5. The first-order valence-corrected chi connectivity index (χ1v) is 8.01. The summed E-state index contributed by atoms with van der Waals surface area (Å²) in [6.45, 7) is 0.117. The highest BCUT2D eigenvalue weighted by molar-refractivity contribution is 5.96. The molecule has 136 valence electrons. The van der Waals surface area contributed by atoms with Crippen LogP contribution in [0, 0.1) is 22.0 Å². The van der Waals surface area contributed by atoms with Gasteiger partial charge in [-0.3, -0.25) is 19.7 Å². The molecule has 0 aliphatic carbocycles. The van der Waals surface area contributed by atoms with Crippen LogP contribution in [0.2, 0.25) is 0 Å². The molecule has 2 amide bonds. The predicted molar refractivity (Wildman–Crippen MR) is 102 cm³/mol. The van der Waals surface area contributed by atoms with Crippen LogP contribution in [0.1, 0.15) is 21.5 Å². The van der Waals surface area contributed by atoms with Crippen molar-refractivity contribution in [1.29, 1.82) is 0 Å². The molecule has 0 aliphatic heterocycles. The maximum absolute atomic E-state index is 11.8. The highest BCUT2D eigenvalue weighted by Gasteiger charge is 2.06. The number of amides is 2. The zero-order valence-electron chi connectivity index (χ0n) is 14.6. The maximum atomic E-state index is 11.8. The van der Waals surface area contributed by atoms with E-state index in [0.29, 0.717) is 16.7 Å². The largest absolute Gasteiger partial charge is 0.355 e. The molecule has 2 aromatic carbocycles. The smallest absolute Gasteiger partial charge is 0.269 e. The lowest BCUT2D eigenvalue weighted by molar-refractivity contribution is -0.384. The highest BCUT2D eigenvalue weighted by Crippen LogP contribution is 2.12. The van der Waals surface area contributed by atoms with E-state index in [-0.39, 0.29) is 24.0 Å². The van der Waals surface area contributed by atoms with Crippen molar-refractivity contribution < 1.29 is 14.5 Å². The number of carbonyl (C=O) groups excluding carboxylic acids is 2. The Balaban J connectivity index is 1.91. The Bertz CT molecular complexity index is 938. The topological polar surface area (TPSA) is 101 Å². The fourth-order valence-electron chi connectivity index (χ4n) is 2.13. The Labute approximate surface area is 156 Å². The molecule has 2 N–H and O–H groups in total. The van der Waals surface area contributed by atoms with Crippen molar-refractivity contribution in [2.45, 2.75) is 0 Å². The van der Waals surface area contributed by atoms with Crippen LogP contribution in [-0.4, -0.2) is 30.3 Å². The van der Waals surface area contributed by atoms with E-state index in [4.69, 9.17) is 0 Å². The average Bonchev–Trinajstić information content (AvgIpc) is 2.69. The maximum Gasteiger partial charge on any atom is 0.269 e. The van der Waals surface area contributed by atoms with Crippen LogP contribution < -0.4 is 10.6 Å². The first-order chi connectivity index (χ1) is 13.0. The number of nitrogens with zero attached hydrogens (tertiary/aromatic N) is 1. The summed E-state index contributed by atoms with van der Waals surface area (Å²) in [4.78, 5) is 33.7. The molecule has 0 fully saturated rings. The van der Waals surface area contributed by atoms with Gasteiger partial charge >= 0.3 is 0 Å². The van der Waals surface area contributed by atoms with Gasteiger partial charge < -0.3 is 10.6 Å². The zero-order chi connectivity index (χ0) is 19.6. The summed E-state index contributed by atoms with van der Waals surface area (Å²) in [7, 11) is 1.55. The Kier molecular flexibility index (Phi) is 6.85. The van der Waals surface area contributed by atoms with E-state index in [1.165, 1.54) is 18.2 Å². The van der Waals surface area contributed by atoms with E-state index in [9.17, 15) is 19.7 Å². The molecule has 2 aromatic rings. The second-order valence-corrected chi connectivity index (χ2v) is 5.33. The van der Waals surface area contributed by atoms with Crippen LogP contribution in [0.4, 0.5) is 5.69 Å². The van der Waals surface area contributed by atoms with E-state index in [2.05, 4.69) is 22.5 Å². The minimum Gasteiger partial charge on any atom is -0.355 e. The molecule has 0 spiro atoms. The quantitative estimate of drug-likeness (QED) is 0.368. The minimum atomic E-state index is -0.485. The van der Waals surface area contributed by atoms with E-state index in [1.54, 1.807) is 49.5 Å². The third-order valence-electron chi connectivity index (χ3n) is 3.50. The predicted octanol–water partition coefficient (Wildman–Crippen LogP) is 2.14. The van der Waals surface area contributed by atoms with E-state index in [1.807, 2.05) is 0 Å². The molecule has 7 nitrogen and oxygen atoms in total. The number of carbonyl (C=O) groups is 2. The van der Waals surface area contributed by atoms with Gasteiger partial charge in [-0.25, -0.2) is 0 Å². The van der Waals surface area contributed by atoms with Crippen molar-refractivity contribution in [2.24, 2.45) is 0 Å². The van der Waals surface area contributed by atoms with Gasteiger partial charge in [0.25, 0.3) is 11.6 Å². The molecule has 0 aliphatic rings. The fourth-order valence-corrected chi connectivity index (χ4v) is 2.13. The molecule has 0 unspecified atom stereocenters. The summed E-state index contributed by atoms with van der Waals surface area (Å²) < 4.78 is 0. The number of nitrogens with one attached hydrogen (secondary N) is 2. The summed E-state index contributed by atoms with van der Waals surface area (Å²) in [5, 5.41) is 15.7.